The molecular formula is C11H16FN3O2. The summed E-state index contributed by atoms with van der Waals surface area (Å²) in [4.78, 5) is 11.5. The van der Waals surface area contributed by atoms with Gasteiger partial charge in [0.15, 0.2) is 0 Å². The first kappa shape index (κ1) is 13.2. The number of anilines is 2. The summed E-state index contributed by atoms with van der Waals surface area (Å²) in [5, 5.41) is 2.47. The van der Waals surface area contributed by atoms with Gasteiger partial charge in [-0.25, -0.2) is 9.18 Å². The van der Waals surface area contributed by atoms with Crippen LogP contribution in [0.2, 0.25) is 0 Å². The molecule has 0 aliphatic carbocycles. The molecule has 4 N–H and O–H groups in total. The van der Waals surface area contributed by atoms with E-state index in [1.165, 1.54) is 18.2 Å². The molecule has 1 aromatic carbocycles. The van der Waals surface area contributed by atoms with E-state index < -0.39 is 17.5 Å². The quantitative estimate of drug-likeness (QED) is 0.549. The number of rotatable bonds is 2. The molecule has 0 bridgehead atoms. The maximum Gasteiger partial charge on any atom is 0.412 e. The molecular weight excluding hydrogens is 225 g/mol. The lowest BCUT2D eigenvalue weighted by atomic mass is 10.2. The second-order valence-corrected chi connectivity index (χ2v) is 4.46. The van der Waals surface area contributed by atoms with Gasteiger partial charge in [-0.05, 0) is 32.9 Å². The van der Waals surface area contributed by atoms with Crippen LogP contribution in [-0.2, 0) is 4.74 Å². The predicted molar refractivity (Wildman–Crippen MR) is 64.1 cm³/mol. The van der Waals surface area contributed by atoms with Crippen molar-refractivity contribution < 1.29 is 13.9 Å². The fourth-order valence-electron chi connectivity index (χ4n) is 1.16. The summed E-state index contributed by atoms with van der Waals surface area (Å²) in [6.07, 6.45) is -0.624. The number of halogens is 1. The molecule has 5 nitrogen and oxygen atoms in total. The third kappa shape index (κ3) is 4.28. The van der Waals surface area contributed by atoms with Gasteiger partial charge in [-0.2, -0.15) is 0 Å². The number of benzene rings is 1. The monoisotopic (exact) mass is 241 g/mol. The SMILES string of the molecule is CC(C)(C)OC(=O)Nc1ccc(F)cc1NN. The predicted octanol–water partition coefficient (Wildman–Crippen LogP) is 2.46. The fourth-order valence-corrected chi connectivity index (χ4v) is 1.16. The van der Waals surface area contributed by atoms with Crippen LogP contribution in [0.15, 0.2) is 18.2 Å². The molecule has 6 heteroatoms. The molecule has 0 aliphatic rings. The first-order valence-electron chi connectivity index (χ1n) is 5.08. The molecule has 0 unspecified atom stereocenters. The summed E-state index contributed by atoms with van der Waals surface area (Å²) in [6, 6.07) is 3.79. The third-order valence-corrected chi connectivity index (χ3v) is 1.77. The molecule has 1 rings (SSSR count). The van der Waals surface area contributed by atoms with Crippen molar-refractivity contribution in [1.82, 2.24) is 0 Å². The van der Waals surface area contributed by atoms with Crippen LogP contribution >= 0.6 is 0 Å². The van der Waals surface area contributed by atoms with Gasteiger partial charge < -0.3 is 10.2 Å². The van der Waals surface area contributed by atoms with E-state index in [0.717, 1.165) is 0 Å². The number of hydrogen-bond donors (Lipinski definition) is 3. The highest BCUT2D eigenvalue weighted by Crippen LogP contribution is 2.22. The Bertz CT molecular complexity index is 416. The van der Waals surface area contributed by atoms with Gasteiger partial charge in [-0.3, -0.25) is 11.2 Å². The van der Waals surface area contributed by atoms with Crippen LogP contribution in [0.25, 0.3) is 0 Å². The Labute approximate surface area is 99.1 Å². The van der Waals surface area contributed by atoms with Crippen LogP contribution in [0.4, 0.5) is 20.6 Å². The first-order valence-corrected chi connectivity index (χ1v) is 5.08. The van der Waals surface area contributed by atoms with Gasteiger partial charge in [-0.15, -0.1) is 0 Å². The first-order chi connectivity index (χ1) is 7.81. The van der Waals surface area contributed by atoms with Crippen molar-refractivity contribution in [3.63, 3.8) is 0 Å². The highest BCUT2D eigenvalue weighted by atomic mass is 19.1. The molecule has 0 atom stereocenters. The zero-order valence-electron chi connectivity index (χ0n) is 10.0. The van der Waals surface area contributed by atoms with Crippen LogP contribution < -0.4 is 16.6 Å². The number of hydrogen-bond acceptors (Lipinski definition) is 4. The average Bonchev–Trinajstić information content (AvgIpc) is 2.17. The molecule has 94 valence electrons. The number of nitrogens with one attached hydrogen (secondary N) is 2. The van der Waals surface area contributed by atoms with E-state index >= 15 is 0 Å². The minimum atomic E-state index is -0.624. The van der Waals surface area contributed by atoms with Crippen molar-refractivity contribution in [3.8, 4) is 0 Å². The molecule has 0 aromatic heterocycles. The van der Waals surface area contributed by atoms with E-state index in [9.17, 15) is 9.18 Å². The highest BCUT2D eigenvalue weighted by Gasteiger charge is 2.17. The number of amides is 1. The fraction of sp³-hybridized carbons (Fsp3) is 0.364. The molecule has 0 saturated carbocycles. The maximum absolute atomic E-state index is 12.9. The van der Waals surface area contributed by atoms with Crippen LogP contribution in [-0.4, -0.2) is 11.7 Å². The van der Waals surface area contributed by atoms with Crippen LogP contribution in [0, 0.1) is 5.82 Å². The van der Waals surface area contributed by atoms with E-state index in [1.807, 2.05) is 0 Å². The second kappa shape index (κ2) is 5.01. The summed E-state index contributed by atoms with van der Waals surface area (Å²) in [5.74, 6) is 4.76. The Morgan fingerprint density at radius 2 is 2.00 bits per heavy atom. The summed E-state index contributed by atoms with van der Waals surface area (Å²) >= 11 is 0. The van der Waals surface area contributed by atoms with Crippen LogP contribution in [0.1, 0.15) is 20.8 Å². The summed E-state index contributed by atoms with van der Waals surface area (Å²) < 4.78 is 18.0. The van der Waals surface area contributed by atoms with Gasteiger partial charge >= 0.3 is 6.09 Å². The largest absolute Gasteiger partial charge is 0.444 e. The number of nitrogen functional groups attached to an aromatic ring is 1. The Morgan fingerprint density at radius 3 is 2.53 bits per heavy atom. The van der Waals surface area contributed by atoms with Gasteiger partial charge in [0, 0.05) is 6.07 Å². The van der Waals surface area contributed by atoms with Crippen LogP contribution in [0.3, 0.4) is 0 Å². The normalized spacial score (nSPS) is 10.9. The molecule has 0 saturated heterocycles. The Balaban J connectivity index is 2.78. The molecule has 0 aliphatic heterocycles. The zero-order valence-corrected chi connectivity index (χ0v) is 10.0. The summed E-state index contributed by atoms with van der Waals surface area (Å²) in [7, 11) is 0. The molecule has 17 heavy (non-hydrogen) atoms. The van der Waals surface area contributed by atoms with E-state index in [1.54, 1.807) is 20.8 Å². The third-order valence-electron chi connectivity index (χ3n) is 1.77. The van der Waals surface area contributed by atoms with E-state index in [-0.39, 0.29) is 5.69 Å². The molecule has 0 spiro atoms. The van der Waals surface area contributed by atoms with E-state index in [2.05, 4.69) is 10.7 Å². The number of nitrogens with two attached hydrogens (primary N) is 1. The van der Waals surface area contributed by atoms with Crippen molar-refractivity contribution in [2.75, 3.05) is 10.7 Å². The molecule has 1 aromatic rings. The van der Waals surface area contributed by atoms with E-state index in [0.29, 0.717) is 5.69 Å². The molecule has 0 heterocycles. The number of ether oxygens (including phenoxy) is 1. The Morgan fingerprint density at radius 1 is 1.35 bits per heavy atom. The lowest BCUT2D eigenvalue weighted by Crippen LogP contribution is -2.27. The average molecular weight is 241 g/mol. The van der Waals surface area contributed by atoms with Crippen molar-refractivity contribution in [2.24, 2.45) is 5.84 Å². The highest BCUT2D eigenvalue weighted by molar-refractivity contribution is 5.89. The standard InChI is InChI=1S/C11H16FN3O2/c1-11(2,3)17-10(16)14-8-5-4-7(12)6-9(8)15-13/h4-6,15H,13H2,1-3H3,(H,14,16). The zero-order chi connectivity index (χ0) is 13.1. The molecule has 0 radical (unpaired) electrons. The minimum absolute atomic E-state index is 0.274. The number of carbonyl (C=O) groups excluding carboxylic acids is 1. The van der Waals surface area contributed by atoms with Crippen molar-refractivity contribution in [3.05, 3.63) is 24.0 Å². The summed E-state index contributed by atoms with van der Waals surface area (Å²) in [5.41, 5.74) is 2.32. The van der Waals surface area contributed by atoms with Gasteiger partial charge in [0.25, 0.3) is 0 Å². The smallest absolute Gasteiger partial charge is 0.412 e. The van der Waals surface area contributed by atoms with Crippen molar-refractivity contribution >= 4 is 17.5 Å². The van der Waals surface area contributed by atoms with Crippen LogP contribution in [0.5, 0.6) is 0 Å². The lowest BCUT2D eigenvalue weighted by Gasteiger charge is -2.20. The molecule has 0 fully saturated rings. The molecule has 1 amide bonds. The lowest BCUT2D eigenvalue weighted by molar-refractivity contribution is 0.0636. The second-order valence-electron chi connectivity index (χ2n) is 4.46. The van der Waals surface area contributed by atoms with Crippen molar-refractivity contribution in [2.45, 2.75) is 26.4 Å². The summed E-state index contributed by atoms with van der Waals surface area (Å²) in [6.45, 7) is 5.25. The van der Waals surface area contributed by atoms with Gasteiger partial charge in [0.1, 0.15) is 11.4 Å². The number of carbonyl (C=O) groups is 1. The maximum atomic E-state index is 12.9. The topological polar surface area (TPSA) is 76.4 Å². The van der Waals surface area contributed by atoms with Crippen molar-refractivity contribution in [1.29, 1.82) is 0 Å². The Kier molecular flexibility index (Phi) is 3.90. The Hall–Kier alpha value is -1.82. The minimum Gasteiger partial charge on any atom is -0.444 e. The van der Waals surface area contributed by atoms with Gasteiger partial charge in [0.05, 0.1) is 11.4 Å². The van der Waals surface area contributed by atoms with Gasteiger partial charge in [-0.1, -0.05) is 0 Å². The number of hydrazine groups is 1. The van der Waals surface area contributed by atoms with E-state index in [4.69, 9.17) is 10.6 Å². The van der Waals surface area contributed by atoms with Gasteiger partial charge in [0.2, 0.25) is 0 Å².